The Hall–Kier alpha value is -3.40. The van der Waals surface area contributed by atoms with Gasteiger partial charge in [-0.1, -0.05) is 24.4 Å². The standard InChI is InChI=1S/C26H26N6OS2/c1-3-23(33)27-19-5-4-6-21(17-19)35-25-24-22(11-16-34-24)29-26(30-25)28-18-7-9-20(10-8-18)32-14-12-31(2)13-15-32/h3-11,16-17H,1,12-15H2,2H3,(H,27,33)(H,28,29,30). The number of anilines is 4. The van der Waals surface area contributed by atoms with Crippen molar-refractivity contribution in [1.29, 1.82) is 0 Å². The maximum atomic E-state index is 11.7. The van der Waals surface area contributed by atoms with Crippen LogP contribution in [-0.2, 0) is 4.79 Å². The molecule has 0 unspecified atom stereocenters. The second kappa shape index (κ2) is 10.5. The molecule has 2 aromatic heterocycles. The lowest BCUT2D eigenvalue weighted by molar-refractivity contribution is -0.111. The van der Waals surface area contributed by atoms with E-state index < -0.39 is 0 Å². The van der Waals surface area contributed by atoms with Crippen LogP contribution in [0, 0.1) is 0 Å². The summed E-state index contributed by atoms with van der Waals surface area (Å²) in [5.41, 5.74) is 3.80. The van der Waals surface area contributed by atoms with Crippen molar-refractivity contribution in [3.63, 3.8) is 0 Å². The topological polar surface area (TPSA) is 73.4 Å². The molecule has 0 aliphatic carbocycles. The van der Waals surface area contributed by atoms with Crippen LogP contribution in [0.15, 0.2) is 82.6 Å². The van der Waals surface area contributed by atoms with Gasteiger partial charge in [-0.2, -0.15) is 0 Å². The third-order valence-electron chi connectivity index (χ3n) is 5.77. The molecule has 5 rings (SSSR count). The largest absolute Gasteiger partial charge is 0.369 e. The molecule has 0 spiro atoms. The molecule has 3 heterocycles. The summed E-state index contributed by atoms with van der Waals surface area (Å²) in [5.74, 6) is 0.321. The van der Waals surface area contributed by atoms with Crippen LogP contribution in [0.3, 0.4) is 0 Å². The molecular weight excluding hydrogens is 476 g/mol. The maximum absolute atomic E-state index is 11.7. The number of amides is 1. The first-order valence-corrected chi connectivity index (χ1v) is 13.0. The number of hydrogen-bond acceptors (Lipinski definition) is 8. The minimum absolute atomic E-state index is 0.236. The van der Waals surface area contributed by atoms with E-state index in [4.69, 9.17) is 9.97 Å². The molecule has 2 aromatic carbocycles. The SMILES string of the molecule is C=CC(=O)Nc1cccc(Sc2nc(Nc3ccc(N4CCN(C)CC4)cc3)nc3ccsc23)c1. The van der Waals surface area contributed by atoms with Crippen LogP contribution in [0.25, 0.3) is 10.2 Å². The van der Waals surface area contributed by atoms with Gasteiger partial charge in [-0.25, -0.2) is 9.97 Å². The number of nitrogens with zero attached hydrogens (tertiary/aromatic N) is 4. The number of fused-ring (bicyclic) bond motifs is 1. The lowest BCUT2D eigenvalue weighted by Gasteiger charge is -2.34. The molecule has 4 aromatic rings. The molecule has 7 nitrogen and oxygen atoms in total. The van der Waals surface area contributed by atoms with E-state index in [0.717, 1.165) is 57.7 Å². The molecule has 0 bridgehead atoms. The Morgan fingerprint density at radius 3 is 2.63 bits per heavy atom. The van der Waals surface area contributed by atoms with Crippen LogP contribution < -0.4 is 15.5 Å². The summed E-state index contributed by atoms with van der Waals surface area (Å²) >= 11 is 3.17. The monoisotopic (exact) mass is 502 g/mol. The molecule has 178 valence electrons. The summed E-state index contributed by atoms with van der Waals surface area (Å²) in [6.07, 6.45) is 1.26. The smallest absolute Gasteiger partial charge is 0.247 e. The van der Waals surface area contributed by atoms with Crippen molar-refractivity contribution in [1.82, 2.24) is 14.9 Å². The summed E-state index contributed by atoms with van der Waals surface area (Å²) in [6, 6.07) is 18.2. The zero-order valence-corrected chi connectivity index (χ0v) is 21.0. The minimum Gasteiger partial charge on any atom is -0.369 e. The zero-order valence-electron chi connectivity index (χ0n) is 19.4. The highest BCUT2D eigenvalue weighted by molar-refractivity contribution is 7.99. The normalized spacial score (nSPS) is 14.1. The number of hydrogen-bond donors (Lipinski definition) is 2. The number of carbonyl (C=O) groups is 1. The number of aromatic nitrogens is 2. The summed E-state index contributed by atoms with van der Waals surface area (Å²) < 4.78 is 1.03. The Labute approximate surface area is 212 Å². The van der Waals surface area contributed by atoms with Crippen LogP contribution in [0.5, 0.6) is 0 Å². The number of nitrogens with one attached hydrogen (secondary N) is 2. The molecular formula is C26H26N6OS2. The van der Waals surface area contributed by atoms with Gasteiger partial charge >= 0.3 is 0 Å². The van der Waals surface area contributed by atoms with Gasteiger partial charge in [0.2, 0.25) is 11.9 Å². The van der Waals surface area contributed by atoms with Crippen LogP contribution in [0.2, 0.25) is 0 Å². The fourth-order valence-corrected chi connectivity index (χ4v) is 5.72. The van der Waals surface area contributed by atoms with Gasteiger partial charge in [0.05, 0.1) is 10.2 Å². The summed E-state index contributed by atoms with van der Waals surface area (Å²) in [4.78, 5) is 26.9. The van der Waals surface area contributed by atoms with Crippen molar-refractivity contribution in [3.8, 4) is 0 Å². The second-order valence-corrected chi connectivity index (χ2v) is 10.3. The second-order valence-electron chi connectivity index (χ2n) is 8.27. The van der Waals surface area contributed by atoms with E-state index in [1.165, 1.54) is 11.8 Å². The predicted molar refractivity (Wildman–Crippen MR) is 146 cm³/mol. The highest BCUT2D eigenvalue weighted by Crippen LogP contribution is 2.36. The van der Waals surface area contributed by atoms with Gasteiger partial charge in [0.1, 0.15) is 5.03 Å². The lowest BCUT2D eigenvalue weighted by Crippen LogP contribution is -2.44. The third-order valence-corrected chi connectivity index (χ3v) is 7.78. The Morgan fingerprint density at radius 2 is 1.86 bits per heavy atom. The molecule has 0 saturated carbocycles. The van der Waals surface area contributed by atoms with Gasteiger partial charge in [0.25, 0.3) is 0 Å². The number of thiophene rings is 1. The van der Waals surface area contributed by atoms with Gasteiger partial charge in [-0.15, -0.1) is 11.3 Å². The summed E-state index contributed by atoms with van der Waals surface area (Å²) in [7, 11) is 2.17. The molecule has 1 fully saturated rings. The predicted octanol–water partition coefficient (Wildman–Crippen LogP) is 5.46. The summed E-state index contributed by atoms with van der Waals surface area (Å²) in [5, 5.41) is 9.07. The Bertz CT molecular complexity index is 1350. The van der Waals surface area contributed by atoms with Crippen molar-refractivity contribution in [2.45, 2.75) is 9.92 Å². The van der Waals surface area contributed by atoms with Gasteiger partial charge in [0.15, 0.2) is 0 Å². The van der Waals surface area contributed by atoms with Crippen molar-refractivity contribution in [2.75, 3.05) is 48.8 Å². The number of carbonyl (C=O) groups excluding carboxylic acids is 1. The maximum Gasteiger partial charge on any atom is 0.247 e. The fraction of sp³-hybridized carbons (Fsp3) is 0.192. The van der Waals surface area contributed by atoms with Crippen molar-refractivity contribution < 1.29 is 4.79 Å². The molecule has 35 heavy (non-hydrogen) atoms. The van der Waals surface area contributed by atoms with E-state index in [9.17, 15) is 4.79 Å². The van der Waals surface area contributed by atoms with Gasteiger partial charge in [-0.05, 0) is 67.0 Å². The fourth-order valence-electron chi connectivity index (χ4n) is 3.85. The van der Waals surface area contributed by atoms with E-state index >= 15 is 0 Å². The van der Waals surface area contributed by atoms with Crippen LogP contribution in [-0.4, -0.2) is 54.0 Å². The zero-order chi connectivity index (χ0) is 24.2. The quantitative estimate of drug-likeness (QED) is 0.257. The van der Waals surface area contributed by atoms with Crippen molar-refractivity contribution >= 4 is 62.2 Å². The Balaban J connectivity index is 1.35. The number of benzene rings is 2. The molecule has 1 amide bonds. The molecule has 1 aliphatic heterocycles. The van der Waals surface area contributed by atoms with E-state index in [1.54, 1.807) is 23.1 Å². The van der Waals surface area contributed by atoms with Crippen LogP contribution in [0.4, 0.5) is 23.0 Å². The van der Waals surface area contributed by atoms with E-state index in [0.29, 0.717) is 5.95 Å². The third kappa shape index (κ3) is 5.64. The molecule has 1 saturated heterocycles. The van der Waals surface area contributed by atoms with Gasteiger partial charge in [0, 0.05) is 48.1 Å². The van der Waals surface area contributed by atoms with E-state index in [-0.39, 0.29) is 5.91 Å². The first-order chi connectivity index (χ1) is 17.1. The average Bonchev–Trinajstić information content (AvgIpc) is 3.34. The molecule has 0 radical (unpaired) electrons. The van der Waals surface area contributed by atoms with Gasteiger partial charge in [-0.3, -0.25) is 4.79 Å². The first-order valence-electron chi connectivity index (χ1n) is 11.3. The highest BCUT2D eigenvalue weighted by atomic mass is 32.2. The number of likely N-dealkylation sites (N-methyl/N-ethyl adjacent to an activating group) is 1. The molecule has 2 N–H and O–H groups in total. The van der Waals surface area contributed by atoms with Crippen molar-refractivity contribution in [3.05, 3.63) is 72.6 Å². The van der Waals surface area contributed by atoms with Crippen molar-refractivity contribution in [2.24, 2.45) is 0 Å². The minimum atomic E-state index is -0.236. The Morgan fingerprint density at radius 1 is 1.06 bits per heavy atom. The number of piperazine rings is 1. The number of rotatable bonds is 7. The molecule has 1 aliphatic rings. The highest BCUT2D eigenvalue weighted by Gasteiger charge is 2.15. The van der Waals surface area contributed by atoms with Gasteiger partial charge < -0.3 is 20.4 Å². The van der Waals surface area contributed by atoms with Crippen LogP contribution >= 0.6 is 23.1 Å². The van der Waals surface area contributed by atoms with E-state index in [1.807, 2.05) is 35.7 Å². The average molecular weight is 503 g/mol. The molecule has 0 atom stereocenters. The van der Waals surface area contributed by atoms with E-state index in [2.05, 4.69) is 58.3 Å². The Kier molecular flexibility index (Phi) is 6.98. The first kappa shape index (κ1) is 23.3. The summed E-state index contributed by atoms with van der Waals surface area (Å²) in [6.45, 7) is 7.75. The molecule has 9 heteroatoms. The lowest BCUT2D eigenvalue weighted by atomic mass is 10.2. The van der Waals surface area contributed by atoms with Crippen LogP contribution in [0.1, 0.15) is 0 Å².